The first-order valence-corrected chi connectivity index (χ1v) is 9.86. The largest absolute Gasteiger partial charge is 0.322 e. The van der Waals surface area contributed by atoms with Crippen molar-refractivity contribution in [3.8, 4) is 0 Å². The Bertz CT molecular complexity index is 1150. The molecule has 0 radical (unpaired) electrons. The topological polar surface area (TPSA) is 88.2 Å². The summed E-state index contributed by atoms with van der Waals surface area (Å²) >= 11 is 0. The molecule has 0 saturated carbocycles. The molecule has 1 heterocycles. The highest BCUT2D eigenvalue weighted by Crippen LogP contribution is 2.23. The van der Waals surface area contributed by atoms with Crippen LogP contribution in [0.3, 0.4) is 0 Å². The second-order valence-electron chi connectivity index (χ2n) is 6.28. The number of aryl methyl sites for hydroxylation is 2. The summed E-state index contributed by atoms with van der Waals surface area (Å²) in [7, 11) is -3.86. The predicted octanol–water partition coefficient (Wildman–Crippen LogP) is 3.89. The lowest BCUT2D eigenvalue weighted by Crippen LogP contribution is -2.16. The summed E-state index contributed by atoms with van der Waals surface area (Å²) in [6.07, 6.45) is 1.18. The first kappa shape index (κ1) is 19.5. The van der Waals surface area contributed by atoms with E-state index >= 15 is 0 Å². The minimum Gasteiger partial charge on any atom is -0.322 e. The smallest absolute Gasteiger partial charge is 0.262 e. The number of carbonyl (C=O) groups is 1. The number of aromatic nitrogens is 1. The number of anilines is 2. The third kappa shape index (κ3) is 4.52. The fraction of sp³-hybridized carbons (Fsp3) is 0.100. The first-order chi connectivity index (χ1) is 13.2. The number of nitrogens with one attached hydrogen (secondary N) is 2. The zero-order chi connectivity index (χ0) is 20.3. The van der Waals surface area contributed by atoms with Gasteiger partial charge in [0.25, 0.3) is 15.9 Å². The van der Waals surface area contributed by atoms with Crippen LogP contribution in [0.4, 0.5) is 15.8 Å². The van der Waals surface area contributed by atoms with E-state index in [0.717, 1.165) is 11.6 Å². The summed E-state index contributed by atoms with van der Waals surface area (Å²) < 4.78 is 41.3. The molecule has 3 aromatic rings. The third-order valence-electron chi connectivity index (χ3n) is 3.99. The van der Waals surface area contributed by atoms with Crippen molar-refractivity contribution in [3.63, 3.8) is 0 Å². The van der Waals surface area contributed by atoms with Gasteiger partial charge in [-0.05, 0) is 55.3 Å². The number of pyridine rings is 1. The molecule has 0 aliphatic rings. The Morgan fingerprint density at radius 3 is 2.50 bits per heavy atom. The van der Waals surface area contributed by atoms with Gasteiger partial charge in [-0.2, -0.15) is 4.39 Å². The number of halogens is 1. The van der Waals surface area contributed by atoms with E-state index in [-0.39, 0.29) is 16.1 Å². The molecule has 8 heteroatoms. The summed E-state index contributed by atoms with van der Waals surface area (Å²) in [5, 5.41) is 2.57. The van der Waals surface area contributed by atoms with E-state index in [1.807, 2.05) is 13.0 Å². The van der Waals surface area contributed by atoms with Gasteiger partial charge in [0.15, 0.2) is 0 Å². The van der Waals surface area contributed by atoms with Crippen molar-refractivity contribution in [1.29, 1.82) is 0 Å². The number of hydrogen-bond acceptors (Lipinski definition) is 4. The standard InChI is InChI=1S/C20H18FN3O3S/c1-13-4-3-5-17(10-13)24-28(26,27)18-12-16(7-6-14(18)2)23-20(25)15-8-9-22-19(21)11-15/h3-12,24H,1-2H3,(H,23,25). The molecule has 1 aromatic heterocycles. The summed E-state index contributed by atoms with van der Waals surface area (Å²) in [4.78, 5) is 15.7. The third-order valence-corrected chi connectivity index (χ3v) is 5.52. The van der Waals surface area contributed by atoms with Gasteiger partial charge in [0.05, 0.1) is 4.90 Å². The van der Waals surface area contributed by atoms with Crippen LogP contribution in [0, 0.1) is 19.8 Å². The Morgan fingerprint density at radius 2 is 1.79 bits per heavy atom. The fourth-order valence-electron chi connectivity index (χ4n) is 2.63. The molecule has 1 amide bonds. The molecule has 0 bridgehead atoms. The van der Waals surface area contributed by atoms with Crippen LogP contribution in [0.2, 0.25) is 0 Å². The fourth-order valence-corrected chi connectivity index (χ4v) is 3.95. The van der Waals surface area contributed by atoms with E-state index in [1.165, 1.54) is 18.3 Å². The summed E-state index contributed by atoms with van der Waals surface area (Å²) in [6, 6.07) is 13.9. The van der Waals surface area contributed by atoms with Gasteiger partial charge in [0, 0.05) is 29.2 Å². The first-order valence-electron chi connectivity index (χ1n) is 8.38. The Balaban J connectivity index is 1.87. The Labute approximate surface area is 162 Å². The molecule has 28 heavy (non-hydrogen) atoms. The molecule has 0 aliphatic heterocycles. The number of carbonyl (C=O) groups excluding carboxylic acids is 1. The number of benzene rings is 2. The van der Waals surface area contributed by atoms with Crippen LogP contribution in [0.5, 0.6) is 0 Å². The molecule has 2 aromatic carbocycles. The quantitative estimate of drug-likeness (QED) is 0.637. The molecular formula is C20H18FN3O3S. The van der Waals surface area contributed by atoms with Crippen molar-refractivity contribution < 1.29 is 17.6 Å². The van der Waals surface area contributed by atoms with Gasteiger partial charge in [-0.1, -0.05) is 18.2 Å². The van der Waals surface area contributed by atoms with Crippen molar-refractivity contribution in [2.45, 2.75) is 18.7 Å². The number of nitrogens with zero attached hydrogens (tertiary/aromatic N) is 1. The van der Waals surface area contributed by atoms with Crippen molar-refractivity contribution in [2.24, 2.45) is 0 Å². The highest BCUT2D eigenvalue weighted by atomic mass is 32.2. The van der Waals surface area contributed by atoms with Crippen LogP contribution in [-0.2, 0) is 10.0 Å². The minimum atomic E-state index is -3.86. The van der Waals surface area contributed by atoms with Crippen LogP contribution in [0.25, 0.3) is 0 Å². The van der Waals surface area contributed by atoms with Crippen molar-refractivity contribution >= 4 is 27.3 Å². The van der Waals surface area contributed by atoms with E-state index in [9.17, 15) is 17.6 Å². The lowest BCUT2D eigenvalue weighted by molar-refractivity contribution is 0.102. The van der Waals surface area contributed by atoms with Crippen LogP contribution in [0.15, 0.2) is 65.7 Å². The molecule has 0 unspecified atom stereocenters. The van der Waals surface area contributed by atoms with Crippen LogP contribution in [-0.4, -0.2) is 19.3 Å². The number of hydrogen-bond donors (Lipinski definition) is 2. The van der Waals surface area contributed by atoms with Gasteiger partial charge >= 0.3 is 0 Å². The van der Waals surface area contributed by atoms with Gasteiger partial charge in [-0.15, -0.1) is 0 Å². The van der Waals surface area contributed by atoms with E-state index in [2.05, 4.69) is 15.0 Å². The SMILES string of the molecule is Cc1cccc(NS(=O)(=O)c2cc(NC(=O)c3ccnc(F)c3)ccc2C)c1. The normalized spacial score (nSPS) is 11.1. The van der Waals surface area contributed by atoms with E-state index < -0.39 is 21.9 Å². The van der Waals surface area contributed by atoms with Crippen molar-refractivity contribution in [3.05, 3.63) is 83.4 Å². The molecule has 0 spiro atoms. The number of sulfonamides is 1. The lowest BCUT2D eigenvalue weighted by Gasteiger charge is -2.13. The van der Waals surface area contributed by atoms with Crippen molar-refractivity contribution in [2.75, 3.05) is 10.0 Å². The lowest BCUT2D eigenvalue weighted by atomic mass is 10.2. The highest BCUT2D eigenvalue weighted by Gasteiger charge is 2.18. The van der Waals surface area contributed by atoms with Gasteiger partial charge < -0.3 is 5.32 Å². The summed E-state index contributed by atoms with van der Waals surface area (Å²) in [5.74, 6) is -1.35. The molecule has 0 saturated heterocycles. The minimum absolute atomic E-state index is 0.0349. The molecule has 0 aliphatic carbocycles. The molecular weight excluding hydrogens is 381 g/mol. The van der Waals surface area contributed by atoms with E-state index in [1.54, 1.807) is 37.3 Å². The summed E-state index contributed by atoms with van der Waals surface area (Å²) in [6.45, 7) is 3.52. The molecule has 3 rings (SSSR count). The Hall–Kier alpha value is -3.26. The molecule has 2 N–H and O–H groups in total. The maximum atomic E-state index is 13.2. The van der Waals surface area contributed by atoms with E-state index in [4.69, 9.17) is 0 Å². The average Bonchev–Trinajstić information content (AvgIpc) is 2.63. The van der Waals surface area contributed by atoms with Gasteiger partial charge in [0.2, 0.25) is 5.95 Å². The second kappa shape index (κ2) is 7.77. The Kier molecular flexibility index (Phi) is 5.41. The monoisotopic (exact) mass is 399 g/mol. The van der Waals surface area contributed by atoms with Crippen LogP contribution in [0.1, 0.15) is 21.5 Å². The Morgan fingerprint density at radius 1 is 1.00 bits per heavy atom. The molecule has 6 nitrogen and oxygen atoms in total. The van der Waals surface area contributed by atoms with Gasteiger partial charge in [0.1, 0.15) is 0 Å². The van der Waals surface area contributed by atoms with Gasteiger partial charge in [-0.25, -0.2) is 13.4 Å². The maximum Gasteiger partial charge on any atom is 0.262 e. The zero-order valence-corrected chi connectivity index (χ0v) is 16.0. The molecule has 0 atom stereocenters. The number of rotatable bonds is 5. The average molecular weight is 399 g/mol. The van der Waals surface area contributed by atoms with Crippen molar-refractivity contribution in [1.82, 2.24) is 4.98 Å². The second-order valence-corrected chi connectivity index (χ2v) is 7.93. The van der Waals surface area contributed by atoms with Crippen LogP contribution < -0.4 is 10.0 Å². The van der Waals surface area contributed by atoms with Crippen LogP contribution >= 0.6 is 0 Å². The predicted molar refractivity (Wildman–Crippen MR) is 105 cm³/mol. The number of amides is 1. The molecule has 0 fully saturated rings. The zero-order valence-electron chi connectivity index (χ0n) is 15.2. The van der Waals surface area contributed by atoms with E-state index in [0.29, 0.717) is 11.3 Å². The maximum absolute atomic E-state index is 13.2. The highest BCUT2D eigenvalue weighted by molar-refractivity contribution is 7.92. The molecule has 144 valence electrons. The van der Waals surface area contributed by atoms with Gasteiger partial charge in [-0.3, -0.25) is 9.52 Å². The summed E-state index contributed by atoms with van der Waals surface area (Å²) in [5.41, 5.74) is 2.24.